The van der Waals surface area contributed by atoms with Gasteiger partial charge in [-0.15, -0.1) is 0 Å². The van der Waals surface area contributed by atoms with Crippen LogP contribution in [0.3, 0.4) is 0 Å². The Kier molecular flexibility index (Phi) is 6.62. The highest BCUT2D eigenvalue weighted by atomic mass is 79.9. The number of thiocarbonyl (C=S) groups is 2. The van der Waals surface area contributed by atoms with Crippen LogP contribution in [0.2, 0.25) is 0 Å². The molecule has 6 nitrogen and oxygen atoms in total. The first kappa shape index (κ1) is 16.6. The summed E-state index contributed by atoms with van der Waals surface area (Å²) in [4.78, 5) is 11.6. The van der Waals surface area contributed by atoms with E-state index >= 15 is 0 Å². The molecule has 9 heteroatoms. The molecule has 0 saturated carbocycles. The number of aryl methyl sites for hydroxylation is 1. The van der Waals surface area contributed by atoms with E-state index in [4.69, 9.17) is 22.7 Å². The quantitative estimate of drug-likeness (QED) is 0.459. The average molecular weight is 377 g/mol. The van der Waals surface area contributed by atoms with Crippen LogP contribution in [-0.4, -0.2) is 22.7 Å². The molecule has 1 aromatic rings. The fourth-order valence-electron chi connectivity index (χ4n) is 1.18. The van der Waals surface area contributed by atoms with Crippen LogP contribution < -0.4 is 26.6 Å². The molecule has 0 heterocycles. The molecule has 0 unspecified atom stereocenters. The van der Waals surface area contributed by atoms with E-state index in [0.29, 0.717) is 5.75 Å². The van der Waals surface area contributed by atoms with E-state index in [1.54, 1.807) is 6.07 Å². The summed E-state index contributed by atoms with van der Waals surface area (Å²) in [7, 11) is 0. The number of halogens is 1. The van der Waals surface area contributed by atoms with E-state index in [1.807, 2.05) is 19.1 Å². The molecule has 0 radical (unpaired) electrons. The molecule has 0 aliphatic carbocycles. The van der Waals surface area contributed by atoms with E-state index in [2.05, 4.69) is 44.3 Å². The van der Waals surface area contributed by atoms with Crippen molar-refractivity contribution in [1.29, 1.82) is 0 Å². The van der Waals surface area contributed by atoms with Gasteiger partial charge in [0, 0.05) is 0 Å². The minimum Gasteiger partial charge on any atom is -0.483 e. The van der Waals surface area contributed by atoms with Crippen molar-refractivity contribution >= 4 is 56.5 Å². The molecule has 0 aliphatic heterocycles. The molecule has 108 valence electrons. The summed E-state index contributed by atoms with van der Waals surface area (Å²) in [5.41, 5.74) is 11.1. The minimum atomic E-state index is -0.403. The predicted octanol–water partition coefficient (Wildman–Crippen LogP) is 0.875. The first-order valence-corrected chi connectivity index (χ1v) is 7.03. The van der Waals surface area contributed by atoms with E-state index < -0.39 is 5.91 Å². The monoisotopic (exact) mass is 376 g/mol. The fourth-order valence-corrected chi connectivity index (χ4v) is 2.00. The number of carbonyl (C=O) groups excluding carboxylic acids is 1. The number of ether oxygens (including phenoxy) is 1. The normalized spacial score (nSPS) is 9.50. The summed E-state index contributed by atoms with van der Waals surface area (Å²) in [5.74, 6) is 0.172. The molecule has 1 rings (SSSR count). The highest BCUT2D eigenvalue weighted by Gasteiger charge is 2.07. The van der Waals surface area contributed by atoms with Crippen LogP contribution in [-0.2, 0) is 4.79 Å². The van der Waals surface area contributed by atoms with Crippen LogP contribution >= 0.6 is 40.4 Å². The highest BCUT2D eigenvalue weighted by Crippen LogP contribution is 2.25. The molecular formula is C11H13BrN4O2S2. The molecule has 5 N–H and O–H groups in total. The van der Waals surface area contributed by atoms with Gasteiger partial charge in [-0.25, -0.2) is 0 Å². The van der Waals surface area contributed by atoms with Gasteiger partial charge in [-0.1, -0.05) is 6.07 Å². The summed E-state index contributed by atoms with van der Waals surface area (Å²) < 4.78 is 6.14. The van der Waals surface area contributed by atoms with Crippen LogP contribution in [0, 0.1) is 6.92 Å². The van der Waals surface area contributed by atoms with Crippen LogP contribution in [0.1, 0.15) is 5.56 Å². The lowest BCUT2D eigenvalue weighted by molar-refractivity contribution is -0.121. The number of amides is 1. The summed E-state index contributed by atoms with van der Waals surface area (Å²) >= 11 is 12.8. The number of nitrogens with one attached hydrogen (secondary N) is 3. The SMILES string of the molecule is Cc1ccc(OCC(=O)NC(=S)NNC(N)=S)c(Br)c1. The van der Waals surface area contributed by atoms with Crippen molar-refractivity contribution in [2.75, 3.05) is 6.61 Å². The largest absolute Gasteiger partial charge is 0.483 e. The molecule has 0 atom stereocenters. The standard InChI is InChI=1S/C11H13BrN4O2S2/c1-6-2-3-8(7(12)4-6)18-5-9(17)14-11(20)16-15-10(13)19/h2-4H,5H2,1H3,(H3,13,15,19)(H2,14,16,17,20). The lowest BCUT2D eigenvalue weighted by Crippen LogP contribution is -2.50. The van der Waals surface area contributed by atoms with Gasteiger partial charge >= 0.3 is 0 Å². The molecule has 0 aliphatic rings. The van der Waals surface area contributed by atoms with E-state index in [0.717, 1.165) is 10.0 Å². The Balaban J connectivity index is 2.39. The van der Waals surface area contributed by atoms with Crippen LogP contribution in [0.4, 0.5) is 0 Å². The number of hydrogen-bond acceptors (Lipinski definition) is 4. The van der Waals surface area contributed by atoms with Crippen LogP contribution in [0.15, 0.2) is 22.7 Å². The topological polar surface area (TPSA) is 88.4 Å². The number of rotatable bonds is 3. The maximum Gasteiger partial charge on any atom is 0.264 e. The number of hydrogen-bond donors (Lipinski definition) is 4. The van der Waals surface area contributed by atoms with Crippen LogP contribution in [0.25, 0.3) is 0 Å². The third-order valence-electron chi connectivity index (χ3n) is 2.00. The van der Waals surface area contributed by atoms with Crippen molar-refractivity contribution in [3.8, 4) is 5.75 Å². The first-order valence-electron chi connectivity index (χ1n) is 5.42. The Morgan fingerprint density at radius 3 is 2.70 bits per heavy atom. The molecule has 0 bridgehead atoms. The summed E-state index contributed by atoms with van der Waals surface area (Å²) in [6.45, 7) is 1.79. The van der Waals surface area contributed by atoms with Gasteiger partial charge in [0.1, 0.15) is 5.75 Å². The van der Waals surface area contributed by atoms with Crippen molar-refractivity contribution in [3.63, 3.8) is 0 Å². The van der Waals surface area contributed by atoms with Crippen molar-refractivity contribution < 1.29 is 9.53 Å². The van der Waals surface area contributed by atoms with Crippen molar-refractivity contribution in [1.82, 2.24) is 16.2 Å². The summed E-state index contributed by atoms with van der Waals surface area (Å²) in [6, 6.07) is 5.56. The maximum absolute atomic E-state index is 11.6. The molecule has 0 aromatic heterocycles. The van der Waals surface area contributed by atoms with E-state index in [9.17, 15) is 4.79 Å². The van der Waals surface area contributed by atoms with Gasteiger partial charge in [-0.3, -0.25) is 21.0 Å². The Morgan fingerprint density at radius 1 is 1.40 bits per heavy atom. The molecule has 0 saturated heterocycles. The van der Waals surface area contributed by atoms with E-state index in [1.165, 1.54) is 0 Å². The zero-order chi connectivity index (χ0) is 15.1. The smallest absolute Gasteiger partial charge is 0.264 e. The second kappa shape index (κ2) is 7.98. The predicted molar refractivity (Wildman–Crippen MR) is 88.2 cm³/mol. The Morgan fingerprint density at radius 2 is 2.10 bits per heavy atom. The van der Waals surface area contributed by atoms with Crippen LogP contribution in [0.5, 0.6) is 5.75 Å². The van der Waals surface area contributed by atoms with Crippen molar-refractivity contribution in [2.45, 2.75) is 6.92 Å². The molecule has 0 fully saturated rings. The lowest BCUT2D eigenvalue weighted by Gasteiger charge is -2.11. The van der Waals surface area contributed by atoms with Gasteiger partial charge in [0.2, 0.25) is 0 Å². The molecule has 20 heavy (non-hydrogen) atoms. The Bertz CT molecular complexity index is 539. The zero-order valence-electron chi connectivity index (χ0n) is 10.5. The zero-order valence-corrected chi connectivity index (χ0v) is 13.7. The average Bonchev–Trinajstić information content (AvgIpc) is 2.35. The number of hydrazine groups is 1. The van der Waals surface area contributed by atoms with Gasteiger partial charge in [0.25, 0.3) is 5.91 Å². The number of nitrogens with two attached hydrogens (primary N) is 1. The molecular weight excluding hydrogens is 364 g/mol. The number of benzene rings is 1. The second-order valence-corrected chi connectivity index (χ2v) is 5.42. The second-order valence-electron chi connectivity index (χ2n) is 3.71. The Hall–Kier alpha value is -1.45. The van der Waals surface area contributed by atoms with Gasteiger partial charge in [-0.05, 0) is 65.0 Å². The summed E-state index contributed by atoms with van der Waals surface area (Å²) in [5, 5.41) is 2.47. The van der Waals surface area contributed by atoms with Crippen molar-refractivity contribution in [3.05, 3.63) is 28.2 Å². The van der Waals surface area contributed by atoms with Gasteiger partial charge in [-0.2, -0.15) is 0 Å². The minimum absolute atomic E-state index is 0.0152. The fraction of sp³-hybridized carbons (Fsp3) is 0.182. The third kappa shape index (κ3) is 6.13. The summed E-state index contributed by atoms with van der Waals surface area (Å²) in [6.07, 6.45) is 0. The third-order valence-corrected chi connectivity index (χ3v) is 2.92. The molecule has 1 aromatic carbocycles. The molecule has 0 spiro atoms. The lowest BCUT2D eigenvalue weighted by atomic mass is 10.2. The number of carbonyl (C=O) groups is 1. The first-order chi connectivity index (χ1) is 9.38. The highest BCUT2D eigenvalue weighted by molar-refractivity contribution is 9.10. The van der Waals surface area contributed by atoms with Crippen molar-refractivity contribution in [2.24, 2.45) is 5.73 Å². The van der Waals surface area contributed by atoms with Gasteiger partial charge in [0.15, 0.2) is 16.8 Å². The van der Waals surface area contributed by atoms with Gasteiger partial charge < -0.3 is 10.5 Å². The van der Waals surface area contributed by atoms with E-state index in [-0.39, 0.29) is 16.8 Å². The molecule has 1 amide bonds. The van der Waals surface area contributed by atoms with Gasteiger partial charge in [0.05, 0.1) is 4.47 Å². The maximum atomic E-state index is 11.6. The Labute approximate surface area is 135 Å².